The summed E-state index contributed by atoms with van der Waals surface area (Å²) in [5.74, 6) is 2.47. The van der Waals surface area contributed by atoms with Gasteiger partial charge in [0.25, 0.3) is 0 Å². The highest BCUT2D eigenvalue weighted by molar-refractivity contribution is 8.13. The van der Waals surface area contributed by atoms with Crippen LogP contribution in [-0.4, -0.2) is 17.5 Å². The number of rotatable bonds is 5. The maximum absolute atomic E-state index is 5.83. The summed E-state index contributed by atoms with van der Waals surface area (Å²) in [6.07, 6.45) is 0. The number of nitrogens with zero attached hydrogens (tertiary/aromatic N) is 1. The molecule has 2 N–H and O–H groups in total. The third-order valence-electron chi connectivity index (χ3n) is 1.95. The SMILES string of the molecule is CCOc1ccc(N=C(N)SCC(C)C)cc1. The van der Waals surface area contributed by atoms with Crippen LogP contribution in [0, 0.1) is 5.92 Å². The summed E-state index contributed by atoms with van der Waals surface area (Å²) in [7, 11) is 0. The van der Waals surface area contributed by atoms with E-state index in [2.05, 4.69) is 18.8 Å². The van der Waals surface area contributed by atoms with Crippen molar-refractivity contribution in [2.45, 2.75) is 20.8 Å². The Bertz CT molecular complexity index is 360. The number of amidine groups is 1. The second-order valence-electron chi connectivity index (χ2n) is 4.08. The molecular weight excluding hydrogens is 232 g/mol. The van der Waals surface area contributed by atoms with Gasteiger partial charge in [0.15, 0.2) is 5.17 Å². The normalized spacial score (nSPS) is 11.9. The van der Waals surface area contributed by atoms with Crippen LogP contribution < -0.4 is 10.5 Å². The molecule has 0 spiro atoms. The van der Waals surface area contributed by atoms with Gasteiger partial charge in [-0.25, -0.2) is 4.99 Å². The number of aliphatic imine (C=N–C) groups is 1. The standard InChI is InChI=1S/C13H20N2OS/c1-4-16-12-7-5-11(6-8-12)15-13(14)17-9-10(2)3/h5-8,10H,4,9H2,1-3H3,(H2,14,15). The zero-order chi connectivity index (χ0) is 12.7. The minimum absolute atomic E-state index is 0.614. The second kappa shape index (κ2) is 7.22. The molecule has 0 aliphatic carbocycles. The van der Waals surface area contributed by atoms with E-state index in [0.717, 1.165) is 17.2 Å². The molecule has 0 atom stereocenters. The van der Waals surface area contributed by atoms with Crippen LogP contribution in [0.15, 0.2) is 29.3 Å². The van der Waals surface area contributed by atoms with Gasteiger partial charge in [-0.3, -0.25) is 0 Å². The number of hydrogen-bond acceptors (Lipinski definition) is 3. The molecule has 3 nitrogen and oxygen atoms in total. The molecule has 0 amide bonds. The minimum Gasteiger partial charge on any atom is -0.494 e. The molecule has 4 heteroatoms. The Hall–Kier alpha value is -1.16. The van der Waals surface area contributed by atoms with Gasteiger partial charge in [0, 0.05) is 5.75 Å². The Morgan fingerprint density at radius 2 is 2.00 bits per heavy atom. The van der Waals surface area contributed by atoms with E-state index in [9.17, 15) is 0 Å². The minimum atomic E-state index is 0.614. The fourth-order valence-corrected chi connectivity index (χ4v) is 1.87. The van der Waals surface area contributed by atoms with E-state index in [4.69, 9.17) is 10.5 Å². The van der Waals surface area contributed by atoms with Crippen molar-refractivity contribution < 1.29 is 4.74 Å². The summed E-state index contributed by atoms with van der Waals surface area (Å²) in [5, 5.41) is 0.614. The van der Waals surface area contributed by atoms with Crippen LogP contribution in [0.5, 0.6) is 5.75 Å². The van der Waals surface area contributed by atoms with E-state index in [1.54, 1.807) is 11.8 Å². The molecule has 0 aliphatic heterocycles. The summed E-state index contributed by atoms with van der Waals surface area (Å²) in [5.41, 5.74) is 6.70. The predicted octanol–water partition coefficient (Wildman–Crippen LogP) is 3.42. The largest absolute Gasteiger partial charge is 0.494 e. The average molecular weight is 252 g/mol. The maximum atomic E-state index is 5.83. The Labute approximate surface area is 107 Å². The Balaban J connectivity index is 2.57. The molecular formula is C13H20N2OS. The van der Waals surface area contributed by atoms with Gasteiger partial charge in [-0.05, 0) is 37.1 Å². The number of ether oxygens (including phenoxy) is 1. The summed E-state index contributed by atoms with van der Waals surface area (Å²) < 4.78 is 5.36. The lowest BCUT2D eigenvalue weighted by Gasteiger charge is -2.04. The fraction of sp³-hybridized carbons (Fsp3) is 0.462. The lowest BCUT2D eigenvalue weighted by Crippen LogP contribution is -2.08. The van der Waals surface area contributed by atoms with Crippen LogP contribution in [0.4, 0.5) is 5.69 Å². The average Bonchev–Trinajstić information content (AvgIpc) is 2.29. The summed E-state index contributed by atoms with van der Waals surface area (Å²) in [4.78, 5) is 4.33. The van der Waals surface area contributed by atoms with Crippen molar-refractivity contribution in [3.05, 3.63) is 24.3 Å². The van der Waals surface area contributed by atoms with Crippen LogP contribution in [-0.2, 0) is 0 Å². The molecule has 0 fully saturated rings. The summed E-state index contributed by atoms with van der Waals surface area (Å²) >= 11 is 1.59. The topological polar surface area (TPSA) is 47.6 Å². The van der Waals surface area contributed by atoms with Crippen molar-refractivity contribution in [2.75, 3.05) is 12.4 Å². The van der Waals surface area contributed by atoms with Crippen molar-refractivity contribution in [3.63, 3.8) is 0 Å². The second-order valence-corrected chi connectivity index (χ2v) is 5.12. The summed E-state index contributed by atoms with van der Waals surface area (Å²) in [6, 6.07) is 7.63. The van der Waals surface area contributed by atoms with Crippen LogP contribution in [0.1, 0.15) is 20.8 Å². The first kappa shape index (κ1) is 13.9. The molecule has 0 heterocycles. The fourth-order valence-electron chi connectivity index (χ4n) is 1.20. The van der Waals surface area contributed by atoms with E-state index >= 15 is 0 Å². The molecule has 1 aromatic carbocycles. The molecule has 0 bridgehead atoms. The molecule has 1 aromatic rings. The highest BCUT2D eigenvalue weighted by atomic mass is 32.2. The first-order valence-electron chi connectivity index (χ1n) is 5.81. The molecule has 0 unspecified atom stereocenters. The van der Waals surface area contributed by atoms with Gasteiger partial charge in [-0.15, -0.1) is 0 Å². The Morgan fingerprint density at radius 3 is 2.53 bits per heavy atom. The maximum Gasteiger partial charge on any atom is 0.159 e. The predicted molar refractivity (Wildman–Crippen MR) is 76.2 cm³/mol. The molecule has 0 saturated heterocycles. The van der Waals surface area contributed by atoms with E-state index in [1.165, 1.54) is 0 Å². The zero-order valence-corrected chi connectivity index (χ0v) is 11.5. The molecule has 0 saturated carbocycles. The van der Waals surface area contributed by atoms with E-state index in [0.29, 0.717) is 17.7 Å². The number of benzene rings is 1. The molecule has 0 aromatic heterocycles. The smallest absolute Gasteiger partial charge is 0.159 e. The van der Waals surface area contributed by atoms with Gasteiger partial charge >= 0.3 is 0 Å². The van der Waals surface area contributed by atoms with E-state index < -0.39 is 0 Å². The Kier molecular flexibility index (Phi) is 5.91. The summed E-state index contributed by atoms with van der Waals surface area (Å²) in [6.45, 7) is 6.97. The third kappa shape index (κ3) is 5.63. The van der Waals surface area contributed by atoms with Crippen molar-refractivity contribution in [1.29, 1.82) is 0 Å². The lowest BCUT2D eigenvalue weighted by molar-refractivity contribution is 0.340. The van der Waals surface area contributed by atoms with E-state index in [1.807, 2.05) is 31.2 Å². The number of nitrogens with two attached hydrogens (primary N) is 1. The number of hydrogen-bond donors (Lipinski definition) is 1. The molecule has 17 heavy (non-hydrogen) atoms. The van der Waals surface area contributed by atoms with Gasteiger partial charge in [0.2, 0.25) is 0 Å². The third-order valence-corrected chi connectivity index (χ3v) is 3.17. The van der Waals surface area contributed by atoms with Gasteiger partial charge < -0.3 is 10.5 Å². The molecule has 1 rings (SSSR count). The van der Waals surface area contributed by atoms with Crippen LogP contribution in [0.25, 0.3) is 0 Å². The molecule has 94 valence electrons. The van der Waals surface area contributed by atoms with Crippen molar-refractivity contribution >= 4 is 22.6 Å². The van der Waals surface area contributed by atoms with Crippen LogP contribution in [0.3, 0.4) is 0 Å². The lowest BCUT2D eigenvalue weighted by atomic mass is 10.3. The zero-order valence-electron chi connectivity index (χ0n) is 10.6. The highest BCUT2D eigenvalue weighted by Gasteiger charge is 1.99. The van der Waals surface area contributed by atoms with Crippen LogP contribution in [0.2, 0.25) is 0 Å². The molecule has 0 aliphatic rings. The first-order valence-corrected chi connectivity index (χ1v) is 6.80. The van der Waals surface area contributed by atoms with Gasteiger partial charge in [-0.2, -0.15) is 0 Å². The van der Waals surface area contributed by atoms with Crippen molar-refractivity contribution in [2.24, 2.45) is 16.6 Å². The quantitative estimate of drug-likeness (QED) is 0.645. The van der Waals surface area contributed by atoms with Gasteiger partial charge in [0.05, 0.1) is 12.3 Å². The monoisotopic (exact) mass is 252 g/mol. The molecule has 0 radical (unpaired) electrons. The van der Waals surface area contributed by atoms with Crippen molar-refractivity contribution in [3.8, 4) is 5.75 Å². The van der Waals surface area contributed by atoms with E-state index in [-0.39, 0.29) is 0 Å². The van der Waals surface area contributed by atoms with Gasteiger partial charge in [0.1, 0.15) is 5.75 Å². The van der Waals surface area contributed by atoms with Crippen LogP contribution >= 0.6 is 11.8 Å². The van der Waals surface area contributed by atoms with Crippen molar-refractivity contribution in [1.82, 2.24) is 0 Å². The number of thioether (sulfide) groups is 1. The highest BCUT2D eigenvalue weighted by Crippen LogP contribution is 2.19. The Morgan fingerprint density at radius 1 is 1.35 bits per heavy atom. The van der Waals surface area contributed by atoms with Gasteiger partial charge in [-0.1, -0.05) is 25.6 Å². The first-order chi connectivity index (χ1) is 8.11.